The Balaban J connectivity index is 1.65. The van der Waals surface area contributed by atoms with Crippen molar-refractivity contribution in [3.8, 4) is 11.5 Å². The Morgan fingerprint density at radius 3 is 2.88 bits per heavy atom. The van der Waals surface area contributed by atoms with Crippen LogP contribution in [0.25, 0.3) is 0 Å². The molecular weight excluding hydrogens is 333 g/mol. The number of methoxy groups -OCH3 is 1. The minimum atomic E-state index is -3.71. The van der Waals surface area contributed by atoms with Crippen molar-refractivity contribution < 1.29 is 22.3 Å². The summed E-state index contributed by atoms with van der Waals surface area (Å²) in [5.41, 5.74) is 2.19. The van der Waals surface area contributed by atoms with Crippen LogP contribution >= 0.6 is 0 Å². The summed E-state index contributed by atoms with van der Waals surface area (Å²) in [6, 6.07) is 9.35. The van der Waals surface area contributed by atoms with Crippen LogP contribution in [0.5, 0.6) is 11.5 Å². The zero-order valence-corrected chi connectivity index (χ0v) is 14.0. The molecule has 1 aliphatic heterocycles. The minimum Gasteiger partial charge on any atom is -0.494 e. The zero-order valence-electron chi connectivity index (χ0n) is 13.2. The van der Waals surface area contributed by atoms with Gasteiger partial charge in [0.25, 0.3) is 0 Å². The van der Waals surface area contributed by atoms with E-state index >= 15 is 0 Å². The largest absolute Gasteiger partial charge is 0.494 e. The molecule has 0 saturated carbocycles. The highest BCUT2D eigenvalue weighted by molar-refractivity contribution is 7.89. The van der Waals surface area contributed by atoms with Gasteiger partial charge in [-0.1, -0.05) is 12.1 Å². The highest BCUT2D eigenvalue weighted by Crippen LogP contribution is 2.26. The topological polar surface area (TPSA) is 64.6 Å². The molecule has 2 aromatic rings. The van der Waals surface area contributed by atoms with Crippen molar-refractivity contribution in [2.75, 3.05) is 20.3 Å². The molecule has 1 heterocycles. The van der Waals surface area contributed by atoms with Crippen LogP contribution in [-0.2, 0) is 22.9 Å². The number of halogens is 1. The molecule has 0 aliphatic carbocycles. The van der Waals surface area contributed by atoms with Crippen LogP contribution < -0.4 is 14.2 Å². The van der Waals surface area contributed by atoms with Crippen LogP contribution in [0.1, 0.15) is 11.1 Å². The van der Waals surface area contributed by atoms with E-state index in [0.29, 0.717) is 13.0 Å². The van der Waals surface area contributed by atoms with Crippen molar-refractivity contribution in [3.05, 3.63) is 53.3 Å². The summed E-state index contributed by atoms with van der Waals surface area (Å²) in [5.74, 6) is 0.200. The van der Waals surface area contributed by atoms with E-state index in [2.05, 4.69) is 4.72 Å². The van der Waals surface area contributed by atoms with Gasteiger partial charge in [0.15, 0.2) is 11.6 Å². The first-order valence-electron chi connectivity index (χ1n) is 7.57. The SMILES string of the molecule is COc1cc(S(=O)(=O)NCCc2ccc3c(c2)CCO3)ccc1F. The second-order valence-corrected chi connectivity index (χ2v) is 7.25. The summed E-state index contributed by atoms with van der Waals surface area (Å²) in [7, 11) is -2.42. The number of sulfonamides is 1. The van der Waals surface area contributed by atoms with E-state index in [1.807, 2.05) is 18.2 Å². The van der Waals surface area contributed by atoms with Gasteiger partial charge in [-0.05, 0) is 35.7 Å². The molecule has 3 rings (SSSR count). The first kappa shape index (κ1) is 16.7. The molecule has 128 valence electrons. The number of hydrogen-bond acceptors (Lipinski definition) is 4. The highest BCUT2D eigenvalue weighted by Gasteiger charge is 2.17. The molecule has 0 fully saturated rings. The fourth-order valence-electron chi connectivity index (χ4n) is 2.62. The molecule has 1 N–H and O–H groups in total. The second-order valence-electron chi connectivity index (χ2n) is 5.48. The maximum Gasteiger partial charge on any atom is 0.240 e. The van der Waals surface area contributed by atoms with Gasteiger partial charge >= 0.3 is 0 Å². The Kier molecular flexibility index (Phi) is 4.73. The lowest BCUT2D eigenvalue weighted by Gasteiger charge is -2.09. The fourth-order valence-corrected chi connectivity index (χ4v) is 3.66. The lowest BCUT2D eigenvalue weighted by atomic mass is 10.1. The molecule has 1 aliphatic rings. The molecule has 0 amide bonds. The van der Waals surface area contributed by atoms with Gasteiger partial charge in [-0.2, -0.15) is 0 Å². The smallest absolute Gasteiger partial charge is 0.240 e. The van der Waals surface area contributed by atoms with Crippen LogP contribution in [-0.4, -0.2) is 28.7 Å². The third kappa shape index (κ3) is 3.52. The summed E-state index contributed by atoms with van der Waals surface area (Å²) < 4.78 is 50.7. The molecule has 0 saturated heterocycles. The van der Waals surface area contributed by atoms with Crippen molar-refractivity contribution in [2.45, 2.75) is 17.7 Å². The van der Waals surface area contributed by atoms with Crippen molar-refractivity contribution in [1.29, 1.82) is 0 Å². The summed E-state index contributed by atoms with van der Waals surface area (Å²) in [6.45, 7) is 0.944. The van der Waals surface area contributed by atoms with Crippen LogP contribution in [0.4, 0.5) is 4.39 Å². The van der Waals surface area contributed by atoms with E-state index in [1.165, 1.54) is 19.2 Å². The number of nitrogens with one attached hydrogen (secondary N) is 1. The van der Waals surface area contributed by atoms with E-state index in [1.54, 1.807) is 0 Å². The first-order valence-corrected chi connectivity index (χ1v) is 9.06. The molecule has 2 aromatic carbocycles. The average Bonchev–Trinajstić information content (AvgIpc) is 3.02. The molecule has 0 aromatic heterocycles. The quantitative estimate of drug-likeness (QED) is 0.867. The maximum atomic E-state index is 13.4. The summed E-state index contributed by atoms with van der Waals surface area (Å²) in [4.78, 5) is -0.0249. The number of ether oxygens (including phenoxy) is 2. The minimum absolute atomic E-state index is 0.0249. The van der Waals surface area contributed by atoms with E-state index in [0.717, 1.165) is 29.4 Å². The summed E-state index contributed by atoms with van der Waals surface area (Å²) >= 11 is 0. The Labute approximate surface area is 140 Å². The average molecular weight is 351 g/mol. The van der Waals surface area contributed by atoms with Gasteiger partial charge in [0.2, 0.25) is 10.0 Å². The number of hydrogen-bond donors (Lipinski definition) is 1. The van der Waals surface area contributed by atoms with Crippen molar-refractivity contribution in [1.82, 2.24) is 4.72 Å². The van der Waals surface area contributed by atoms with Gasteiger partial charge in [0, 0.05) is 19.0 Å². The number of fused-ring (bicyclic) bond motifs is 1. The van der Waals surface area contributed by atoms with Gasteiger partial charge in [0.05, 0.1) is 18.6 Å². The van der Waals surface area contributed by atoms with Gasteiger partial charge < -0.3 is 9.47 Å². The standard InChI is InChI=1S/C17H18FNO4S/c1-22-17-11-14(3-4-15(17)18)24(20,21)19-8-6-12-2-5-16-13(10-12)7-9-23-16/h2-5,10-11,19H,6-9H2,1H3. The van der Waals surface area contributed by atoms with Crippen LogP contribution in [0, 0.1) is 5.82 Å². The molecule has 0 atom stereocenters. The van der Waals surface area contributed by atoms with Crippen molar-refractivity contribution in [3.63, 3.8) is 0 Å². The van der Waals surface area contributed by atoms with E-state index in [9.17, 15) is 12.8 Å². The fraction of sp³-hybridized carbons (Fsp3) is 0.294. The molecule has 0 bridgehead atoms. The van der Waals surface area contributed by atoms with E-state index < -0.39 is 15.8 Å². The summed E-state index contributed by atoms with van der Waals surface area (Å²) in [5, 5.41) is 0. The van der Waals surface area contributed by atoms with Crippen molar-refractivity contribution >= 4 is 10.0 Å². The lowest BCUT2D eigenvalue weighted by Crippen LogP contribution is -2.26. The molecule has 0 radical (unpaired) electrons. The second kappa shape index (κ2) is 6.78. The molecule has 7 heteroatoms. The molecular formula is C17H18FNO4S. The lowest BCUT2D eigenvalue weighted by molar-refractivity contribution is 0.357. The maximum absolute atomic E-state index is 13.4. The van der Waals surface area contributed by atoms with Crippen LogP contribution in [0.3, 0.4) is 0 Å². The Morgan fingerprint density at radius 1 is 1.25 bits per heavy atom. The normalized spacial score (nSPS) is 13.4. The third-order valence-electron chi connectivity index (χ3n) is 3.89. The predicted molar refractivity (Wildman–Crippen MR) is 87.5 cm³/mol. The predicted octanol–water partition coefficient (Wildman–Crippen LogP) is 2.29. The Morgan fingerprint density at radius 2 is 2.08 bits per heavy atom. The summed E-state index contributed by atoms with van der Waals surface area (Å²) in [6.07, 6.45) is 1.44. The molecule has 5 nitrogen and oxygen atoms in total. The number of rotatable bonds is 6. The van der Waals surface area contributed by atoms with E-state index in [-0.39, 0.29) is 17.2 Å². The highest BCUT2D eigenvalue weighted by atomic mass is 32.2. The van der Waals surface area contributed by atoms with Gasteiger partial charge in [-0.3, -0.25) is 0 Å². The zero-order chi connectivity index (χ0) is 17.2. The molecule has 0 spiro atoms. The molecule has 0 unspecified atom stereocenters. The number of benzene rings is 2. The molecule has 24 heavy (non-hydrogen) atoms. The van der Waals surface area contributed by atoms with Gasteiger partial charge in [-0.25, -0.2) is 17.5 Å². The monoisotopic (exact) mass is 351 g/mol. The van der Waals surface area contributed by atoms with Crippen LogP contribution in [0.15, 0.2) is 41.3 Å². The third-order valence-corrected chi connectivity index (χ3v) is 5.35. The van der Waals surface area contributed by atoms with Gasteiger partial charge in [0.1, 0.15) is 5.75 Å². The van der Waals surface area contributed by atoms with Gasteiger partial charge in [-0.15, -0.1) is 0 Å². The van der Waals surface area contributed by atoms with Crippen molar-refractivity contribution in [2.24, 2.45) is 0 Å². The first-order chi connectivity index (χ1) is 11.5. The Hall–Kier alpha value is -2.12. The Bertz CT molecular complexity index is 852. The van der Waals surface area contributed by atoms with E-state index in [4.69, 9.17) is 9.47 Å². The van der Waals surface area contributed by atoms with Crippen LogP contribution in [0.2, 0.25) is 0 Å².